The van der Waals surface area contributed by atoms with E-state index in [1.165, 1.54) is 12.1 Å². The Bertz CT molecular complexity index is 649. The Balaban J connectivity index is 0.00000288. The summed E-state index contributed by atoms with van der Waals surface area (Å²) in [7, 11) is -3.54. The van der Waals surface area contributed by atoms with Crippen LogP contribution in [0.5, 0.6) is 0 Å². The van der Waals surface area contributed by atoms with Gasteiger partial charge in [-0.25, -0.2) is 13.1 Å². The maximum Gasteiger partial charge on any atom is 0.253 e. The highest BCUT2D eigenvalue weighted by molar-refractivity contribution is 7.89. The number of likely N-dealkylation sites (tertiary alicyclic amines) is 1. The summed E-state index contributed by atoms with van der Waals surface area (Å²) in [6.07, 6.45) is 1.64. The zero-order valence-corrected chi connectivity index (χ0v) is 15.7. The second kappa shape index (κ2) is 8.80. The molecule has 6 nitrogen and oxygen atoms in total. The van der Waals surface area contributed by atoms with E-state index in [0.717, 1.165) is 6.42 Å². The van der Waals surface area contributed by atoms with Crippen molar-refractivity contribution in [3.05, 3.63) is 29.8 Å². The molecule has 1 fully saturated rings. The number of hydrogen-bond acceptors (Lipinski definition) is 4. The predicted octanol–water partition coefficient (Wildman–Crippen LogP) is 1.61. The van der Waals surface area contributed by atoms with Gasteiger partial charge in [-0.2, -0.15) is 0 Å². The van der Waals surface area contributed by atoms with Crippen molar-refractivity contribution in [1.29, 1.82) is 0 Å². The van der Waals surface area contributed by atoms with Gasteiger partial charge in [0, 0.05) is 24.7 Å². The summed E-state index contributed by atoms with van der Waals surface area (Å²) in [5.41, 5.74) is 6.15. The molecule has 3 N–H and O–H groups in total. The molecule has 136 valence electrons. The first-order valence-electron chi connectivity index (χ1n) is 7.99. The number of carbonyl (C=O) groups is 1. The van der Waals surface area contributed by atoms with Crippen molar-refractivity contribution in [1.82, 2.24) is 9.62 Å². The Morgan fingerprint density at radius 3 is 2.50 bits per heavy atom. The van der Waals surface area contributed by atoms with E-state index in [2.05, 4.69) is 4.72 Å². The number of nitrogens with zero attached hydrogens (tertiary/aromatic N) is 1. The van der Waals surface area contributed by atoms with Crippen LogP contribution in [0.25, 0.3) is 0 Å². The molecule has 2 atom stereocenters. The molecule has 24 heavy (non-hydrogen) atoms. The number of benzene rings is 1. The Labute approximate surface area is 150 Å². The van der Waals surface area contributed by atoms with Crippen LogP contribution in [0.4, 0.5) is 0 Å². The van der Waals surface area contributed by atoms with Gasteiger partial charge in [-0.3, -0.25) is 4.79 Å². The van der Waals surface area contributed by atoms with Crippen LogP contribution in [0, 0.1) is 5.92 Å². The number of rotatable bonds is 6. The number of halogens is 1. The third kappa shape index (κ3) is 4.92. The van der Waals surface area contributed by atoms with Gasteiger partial charge in [0.1, 0.15) is 0 Å². The van der Waals surface area contributed by atoms with Gasteiger partial charge in [0.15, 0.2) is 0 Å². The number of nitrogens with two attached hydrogens (primary N) is 1. The molecule has 0 aliphatic carbocycles. The lowest BCUT2D eigenvalue weighted by Gasteiger charge is -2.17. The molecule has 1 heterocycles. The van der Waals surface area contributed by atoms with Gasteiger partial charge in [0.25, 0.3) is 5.91 Å². The van der Waals surface area contributed by atoms with Gasteiger partial charge in [0.05, 0.1) is 4.90 Å². The van der Waals surface area contributed by atoms with Crippen LogP contribution in [0.2, 0.25) is 0 Å². The first kappa shape index (κ1) is 20.9. The van der Waals surface area contributed by atoms with Crippen LogP contribution in [0.15, 0.2) is 29.2 Å². The summed E-state index contributed by atoms with van der Waals surface area (Å²) in [5, 5.41) is 0. The van der Waals surface area contributed by atoms with Gasteiger partial charge in [-0.05, 0) is 56.5 Å². The Hall–Kier alpha value is -1.15. The van der Waals surface area contributed by atoms with Crippen molar-refractivity contribution < 1.29 is 13.2 Å². The highest BCUT2D eigenvalue weighted by Crippen LogP contribution is 2.19. The zero-order chi connectivity index (χ0) is 17.0. The minimum absolute atomic E-state index is 0. The van der Waals surface area contributed by atoms with Gasteiger partial charge in [-0.15, -0.1) is 12.4 Å². The van der Waals surface area contributed by atoms with Crippen LogP contribution >= 0.6 is 12.4 Å². The molecule has 1 aromatic carbocycles. The lowest BCUT2D eigenvalue weighted by molar-refractivity contribution is 0.0787. The summed E-state index contributed by atoms with van der Waals surface area (Å²) < 4.78 is 27.0. The molecule has 0 radical (unpaired) electrons. The van der Waals surface area contributed by atoms with E-state index >= 15 is 0 Å². The zero-order valence-electron chi connectivity index (χ0n) is 14.1. The second-order valence-electron chi connectivity index (χ2n) is 6.10. The third-order valence-corrected chi connectivity index (χ3v) is 5.89. The van der Waals surface area contributed by atoms with Crippen LogP contribution < -0.4 is 10.5 Å². The van der Waals surface area contributed by atoms with Crippen LogP contribution in [0.3, 0.4) is 0 Å². The smallest absolute Gasteiger partial charge is 0.253 e. The topological polar surface area (TPSA) is 92.5 Å². The molecule has 1 aliphatic rings. The Morgan fingerprint density at radius 1 is 1.38 bits per heavy atom. The van der Waals surface area contributed by atoms with Crippen molar-refractivity contribution in [3.63, 3.8) is 0 Å². The molecule has 8 heteroatoms. The normalized spacial score (nSPS) is 19.0. The lowest BCUT2D eigenvalue weighted by atomic mass is 10.1. The molecule has 1 saturated heterocycles. The fraction of sp³-hybridized carbons (Fsp3) is 0.562. The third-order valence-electron chi connectivity index (χ3n) is 4.29. The Morgan fingerprint density at radius 2 is 2.00 bits per heavy atom. The average molecular weight is 376 g/mol. The number of sulfonamides is 1. The first-order valence-corrected chi connectivity index (χ1v) is 9.47. The number of carbonyl (C=O) groups excluding carboxylic acids is 1. The predicted molar refractivity (Wildman–Crippen MR) is 96.8 cm³/mol. The van der Waals surface area contributed by atoms with E-state index in [4.69, 9.17) is 5.73 Å². The number of hydrogen-bond donors (Lipinski definition) is 2. The fourth-order valence-electron chi connectivity index (χ4n) is 2.58. The molecular formula is C16H26ClN3O3S. The summed E-state index contributed by atoms with van der Waals surface area (Å²) >= 11 is 0. The summed E-state index contributed by atoms with van der Waals surface area (Å²) in [6, 6.07) is 5.98. The van der Waals surface area contributed by atoms with Crippen LogP contribution in [0.1, 0.15) is 37.0 Å². The minimum atomic E-state index is -3.54. The molecule has 0 spiro atoms. The first-order chi connectivity index (χ1) is 10.9. The molecule has 1 aliphatic heterocycles. The van der Waals surface area contributed by atoms with E-state index in [1.54, 1.807) is 17.0 Å². The second-order valence-corrected chi connectivity index (χ2v) is 7.81. The molecule has 0 aromatic heterocycles. The minimum Gasteiger partial charge on any atom is -0.338 e. The molecule has 2 rings (SSSR count). The van der Waals surface area contributed by atoms with E-state index in [-0.39, 0.29) is 29.3 Å². The van der Waals surface area contributed by atoms with E-state index in [0.29, 0.717) is 37.5 Å². The molecule has 0 saturated carbocycles. The standard InChI is InChI=1S/C16H25N3O3S.ClH/c1-3-12(2)18-23(21,22)15-6-4-14(5-7-15)16(20)19-9-8-13(10-17)11-19;/h4-7,12-13,18H,3,8-11,17H2,1-2H3;1H. The average Bonchev–Trinajstić information content (AvgIpc) is 3.03. The van der Waals surface area contributed by atoms with Crippen molar-refractivity contribution in [2.24, 2.45) is 11.7 Å². The maximum absolute atomic E-state index is 12.4. The van der Waals surface area contributed by atoms with Crippen LogP contribution in [-0.2, 0) is 10.0 Å². The van der Waals surface area contributed by atoms with Gasteiger partial charge < -0.3 is 10.6 Å². The van der Waals surface area contributed by atoms with E-state index in [1.807, 2.05) is 13.8 Å². The van der Waals surface area contributed by atoms with E-state index < -0.39 is 10.0 Å². The van der Waals surface area contributed by atoms with Crippen molar-refractivity contribution in [2.75, 3.05) is 19.6 Å². The van der Waals surface area contributed by atoms with Crippen molar-refractivity contribution in [2.45, 2.75) is 37.6 Å². The van der Waals surface area contributed by atoms with Crippen molar-refractivity contribution in [3.8, 4) is 0 Å². The SMILES string of the molecule is CCC(C)NS(=O)(=O)c1ccc(C(=O)N2CCC(CN)C2)cc1.Cl. The Kier molecular flexibility index (Phi) is 7.66. The molecule has 1 amide bonds. The summed E-state index contributed by atoms with van der Waals surface area (Å²) in [4.78, 5) is 14.4. The number of nitrogens with one attached hydrogen (secondary N) is 1. The van der Waals surface area contributed by atoms with Crippen molar-refractivity contribution >= 4 is 28.3 Å². The largest absolute Gasteiger partial charge is 0.338 e. The monoisotopic (exact) mass is 375 g/mol. The molecular weight excluding hydrogens is 350 g/mol. The fourth-order valence-corrected chi connectivity index (χ4v) is 3.91. The van der Waals surface area contributed by atoms with Gasteiger partial charge in [0.2, 0.25) is 10.0 Å². The highest BCUT2D eigenvalue weighted by atomic mass is 35.5. The quantitative estimate of drug-likeness (QED) is 0.789. The summed E-state index contributed by atoms with van der Waals surface area (Å²) in [5.74, 6) is 0.290. The number of amides is 1. The lowest BCUT2D eigenvalue weighted by Crippen LogP contribution is -2.32. The highest BCUT2D eigenvalue weighted by Gasteiger charge is 2.26. The van der Waals surface area contributed by atoms with Gasteiger partial charge in [-0.1, -0.05) is 6.92 Å². The molecule has 1 aromatic rings. The van der Waals surface area contributed by atoms with Crippen LogP contribution in [-0.4, -0.2) is 44.9 Å². The maximum atomic E-state index is 12.4. The molecule has 2 unspecified atom stereocenters. The van der Waals surface area contributed by atoms with Gasteiger partial charge >= 0.3 is 0 Å². The molecule has 0 bridgehead atoms. The summed E-state index contributed by atoms with van der Waals surface area (Å²) in [6.45, 7) is 5.69. The van der Waals surface area contributed by atoms with E-state index in [9.17, 15) is 13.2 Å².